The molecule has 0 spiro atoms. The summed E-state index contributed by atoms with van der Waals surface area (Å²) in [6.07, 6.45) is 4.36. The van der Waals surface area contributed by atoms with Crippen molar-refractivity contribution in [1.82, 2.24) is 24.3 Å². The molecule has 128 valence electrons. The molecule has 1 saturated heterocycles. The van der Waals surface area contributed by atoms with Crippen LogP contribution >= 0.6 is 0 Å². The van der Waals surface area contributed by atoms with Crippen molar-refractivity contribution in [2.75, 3.05) is 39.5 Å². The quantitative estimate of drug-likeness (QED) is 0.705. The first-order valence-electron chi connectivity index (χ1n) is 7.23. The summed E-state index contributed by atoms with van der Waals surface area (Å²) >= 11 is 0. The molecule has 10 heteroatoms. The number of sulfonamides is 1. The Morgan fingerprint density at radius 3 is 2.61 bits per heavy atom. The Balaban J connectivity index is 2.14. The Labute approximate surface area is 135 Å². The van der Waals surface area contributed by atoms with Crippen LogP contribution in [-0.4, -0.2) is 78.7 Å². The predicted molar refractivity (Wildman–Crippen MR) is 82.8 cm³/mol. The van der Waals surface area contributed by atoms with Crippen LogP contribution in [0.1, 0.15) is 0 Å². The van der Waals surface area contributed by atoms with E-state index in [2.05, 4.69) is 10.4 Å². The van der Waals surface area contributed by atoms with Crippen molar-refractivity contribution in [3.63, 3.8) is 0 Å². The lowest BCUT2D eigenvalue weighted by atomic mass is 10.1. The number of nitrogens with zero attached hydrogens (tertiary/aromatic N) is 4. The first kappa shape index (κ1) is 17.4. The highest BCUT2D eigenvalue weighted by molar-refractivity contribution is 7.88. The fourth-order valence-electron chi connectivity index (χ4n) is 2.51. The molecule has 0 saturated carbocycles. The van der Waals surface area contributed by atoms with Gasteiger partial charge in [0.15, 0.2) is 0 Å². The molecular weight excluding hydrogens is 322 g/mol. The minimum Gasteiger partial charge on any atom is -0.359 e. The standard InChI is InChI=1S/C13H21N5O4S/c1-14-13(20)11-8-16(6-7-18(9-11)23(2,21)22)12(19)10-17-5-3-4-15-17/h3-5,11H,6-10H2,1-2H3,(H,14,20). The molecule has 1 aromatic rings. The number of rotatable bonds is 4. The van der Waals surface area contributed by atoms with Crippen molar-refractivity contribution in [3.8, 4) is 0 Å². The maximum absolute atomic E-state index is 12.4. The van der Waals surface area contributed by atoms with E-state index in [0.717, 1.165) is 6.26 Å². The molecule has 0 radical (unpaired) electrons. The van der Waals surface area contributed by atoms with Crippen molar-refractivity contribution in [2.24, 2.45) is 5.92 Å². The van der Waals surface area contributed by atoms with E-state index in [1.165, 1.54) is 20.9 Å². The molecule has 2 rings (SSSR count). The van der Waals surface area contributed by atoms with E-state index in [1.54, 1.807) is 18.5 Å². The fourth-order valence-corrected chi connectivity index (χ4v) is 3.38. The summed E-state index contributed by atoms with van der Waals surface area (Å²) in [5.74, 6) is -1.07. The van der Waals surface area contributed by atoms with E-state index in [9.17, 15) is 18.0 Å². The molecule has 1 unspecified atom stereocenters. The molecule has 1 aromatic heterocycles. The van der Waals surface area contributed by atoms with Gasteiger partial charge in [0, 0.05) is 45.6 Å². The van der Waals surface area contributed by atoms with E-state index in [-0.39, 0.29) is 44.5 Å². The molecule has 1 atom stereocenters. The van der Waals surface area contributed by atoms with Crippen LogP contribution in [0, 0.1) is 5.92 Å². The second-order valence-corrected chi connectivity index (χ2v) is 7.46. The number of hydrogen-bond acceptors (Lipinski definition) is 5. The van der Waals surface area contributed by atoms with Crippen molar-refractivity contribution >= 4 is 21.8 Å². The summed E-state index contributed by atoms with van der Waals surface area (Å²) in [5.41, 5.74) is 0. The van der Waals surface area contributed by atoms with Gasteiger partial charge in [-0.3, -0.25) is 14.3 Å². The lowest BCUT2D eigenvalue weighted by molar-refractivity contribution is -0.133. The van der Waals surface area contributed by atoms with Crippen LogP contribution in [0.4, 0.5) is 0 Å². The van der Waals surface area contributed by atoms with Crippen LogP contribution in [0.5, 0.6) is 0 Å². The van der Waals surface area contributed by atoms with Crippen LogP contribution in [0.15, 0.2) is 18.5 Å². The molecule has 0 aliphatic carbocycles. The lowest BCUT2D eigenvalue weighted by Gasteiger charge is -2.23. The summed E-state index contributed by atoms with van der Waals surface area (Å²) in [5, 5.41) is 6.51. The smallest absolute Gasteiger partial charge is 0.244 e. The van der Waals surface area contributed by atoms with Gasteiger partial charge in [0.05, 0.1) is 12.2 Å². The molecule has 1 aliphatic rings. The third kappa shape index (κ3) is 4.52. The van der Waals surface area contributed by atoms with E-state index in [1.807, 2.05) is 0 Å². The molecule has 0 bridgehead atoms. The van der Waals surface area contributed by atoms with Gasteiger partial charge in [-0.15, -0.1) is 0 Å². The minimum absolute atomic E-state index is 0.0618. The number of aromatic nitrogens is 2. The summed E-state index contributed by atoms with van der Waals surface area (Å²) in [6, 6.07) is 1.72. The van der Waals surface area contributed by atoms with Gasteiger partial charge < -0.3 is 10.2 Å². The van der Waals surface area contributed by atoms with Crippen LogP contribution in [0.2, 0.25) is 0 Å². The normalized spacial score (nSPS) is 20.1. The predicted octanol–water partition coefficient (Wildman–Crippen LogP) is -1.65. The molecular formula is C13H21N5O4S. The Kier molecular flexibility index (Phi) is 5.37. The number of hydrogen-bond donors (Lipinski definition) is 1. The molecule has 2 amide bonds. The summed E-state index contributed by atoms with van der Waals surface area (Å²) in [6.45, 7) is 0.750. The van der Waals surface area contributed by atoms with Gasteiger partial charge in [-0.2, -0.15) is 9.40 Å². The zero-order chi connectivity index (χ0) is 17.0. The second-order valence-electron chi connectivity index (χ2n) is 5.48. The third-order valence-corrected chi connectivity index (χ3v) is 5.05. The van der Waals surface area contributed by atoms with Gasteiger partial charge in [-0.1, -0.05) is 0 Å². The Hall–Kier alpha value is -1.94. The van der Waals surface area contributed by atoms with Gasteiger partial charge in [0.1, 0.15) is 6.54 Å². The summed E-state index contributed by atoms with van der Waals surface area (Å²) < 4.78 is 26.4. The van der Waals surface area contributed by atoms with Crippen molar-refractivity contribution < 1.29 is 18.0 Å². The Morgan fingerprint density at radius 1 is 1.30 bits per heavy atom. The lowest BCUT2D eigenvalue weighted by Crippen LogP contribution is -2.42. The first-order chi connectivity index (χ1) is 10.8. The first-order valence-corrected chi connectivity index (χ1v) is 9.08. The number of carbonyl (C=O) groups is 2. The number of amides is 2. The zero-order valence-corrected chi connectivity index (χ0v) is 14.0. The van der Waals surface area contributed by atoms with E-state index in [4.69, 9.17) is 0 Å². The van der Waals surface area contributed by atoms with Gasteiger partial charge >= 0.3 is 0 Å². The van der Waals surface area contributed by atoms with E-state index in [0.29, 0.717) is 0 Å². The van der Waals surface area contributed by atoms with Crippen LogP contribution in [0.3, 0.4) is 0 Å². The molecule has 1 aliphatic heterocycles. The van der Waals surface area contributed by atoms with Gasteiger partial charge in [0.25, 0.3) is 0 Å². The highest BCUT2D eigenvalue weighted by atomic mass is 32.2. The summed E-state index contributed by atoms with van der Waals surface area (Å²) in [4.78, 5) is 25.9. The van der Waals surface area contributed by atoms with E-state index < -0.39 is 15.9 Å². The fraction of sp³-hybridized carbons (Fsp3) is 0.615. The van der Waals surface area contributed by atoms with E-state index >= 15 is 0 Å². The second kappa shape index (κ2) is 7.09. The molecule has 9 nitrogen and oxygen atoms in total. The van der Waals surface area contributed by atoms with Crippen molar-refractivity contribution in [3.05, 3.63) is 18.5 Å². The minimum atomic E-state index is -3.43. The van der Waals surface area contributed by atoms with Crippen molar-refractivity contribution in [1.29, 1.82) is 0 Å². The average Bonchev–Trinajstić information content (AvgIpc) is 2.87. The number of carbonyl (C=O) groups excluding carboxylic acids is 2. The monoisotopic (exact) mass is 343 g/mol. The van der Waals surface area contributed by atoms with Gasteiger partial charge in [-0.05, 0) is 6.07 Å². The summed E-state index contributed by atoms with van der Waals surface area (Å²) in [7, 11) is -1.93. The SMILES string of the molecule is CNC(=O)C1CN(C(=O)Cn2cccn2)CCN(S(C)(=O)=O)C1. The van der Waals surface area contributed by atoms with Crippen LogP contribution in [0.25, 0.3) is 0 Å². The molecule has 23 heavy (non-hydrogen) atoms. The number of nitrogens with one attached hydrogen (secondary N) is 1. The average molecular weight is 343 g/mol. The highest BCUT2D eigenvalue weighted by Gasteiger charge is 2.32. The largest absolute Gasteiger partial charge is 0.359 e. The Bertz CT molecular complexity index is 658. The molecule has 2 heterocycles. The third-order valence-electron chi connectivity index (χ3n) is 3.78. The highest BCUT2D eigenvalue weighted by Crippen LogP contribution is 2.13. The van der Waals surface area contributed by atoms with Gasteiger partial charge in [-0.25, -0.2) is 8.42 Å². The molecule has 1 fully saturated rings. The zero-order valence-electron chi connectivity index (χ0n) is 13.2. The van der Waals surface area contributed by atoms with Gasteiger partial charge in [0.2, 0.25) is 21.8 Å². The molecule has 0 aromatic carbocycles. The van der Waals surface area contributed by atoms with Crippen molar-refractivity contribution in [2.45, 2.75) is 6.54 Å². The Morgan fingerprint density at radius 2 is 2.04 bits per heavy atom. The topological polar surface area (TPSA) is 105 Å². The van der Waals surface area contributed by atoms with Crippen LogP contribution in [-0.2, 0) is 26.2 Å². The molecule has 1 N–H and O–H groups in total. The maximum atomic E-state index is 12.4. The van der Waals surface area contributed by atoms with Crippen LogP contribution < -0.4 is 5.32 Å². The maximum Gasteiger partial charge on any atom is 0.244 e.